The molecule has 2 rings (SSSR count). The fourth-order valence-corrected chi connectivity index (χ4v) is 2.05. The molecule has 0 heterocycles. The van der Waals surface area contributed by atoms with Gasteiger partial charge in [-0.05, 0) is 48.5 Å². The van der Waals surface area contributed by atoms with E-state index in [0.717, 1.165) is 17.9 Å². The van der Waals surface area contributed by atoms with Crippen LogP contribution in [0.25, 0.3) is 0 Å². The van der Waals surface area contributed by atoms with Crippen LogP contribution in [0.15, 0.2) is 48.5 Å². The van der Waals surface area contributed by atoms with Crippen molar-refractivity contribution >= 4 is 17.5 Å². The zero-order chi connectivity index (χ0) is 16.7. The molecule has 0 unspecified atom stereocenters. The summed E-state index contributed by atoms with van der Waals surface area (Å²) in [5.41, 5.74) is 0.647. The van der Waals surface area contributed by atoms with Gasteiger partial charge in [0.05, 0.1) is 13.2 Å². The zero-order valence-electron chi connectivity index (χ0n) is 13.3. The summed E-state index contributed by atoms with van der Waals surface area (Å²) in [7, 11) is 3.46. The highest BCUT2D eigenvalue weighted by molar-refractivity contribution is 6.30. The Morgan fingerprint density at radius 2 is 1.39 bits per heavy atom. The van der Waals surface area contributed by atoms with Gasteiger partial charge in [-0.15, -0.1) is 0 Å². The topological polar surface area (TPSA) is 38.8 Å². The van der Waals surface area contributed by atoms with Crippen molar-refractivity contribution in [3.63, 3.8) is 0 Å². The van der Waals surface area contributed by atoms with Crippen LogP contribution in [-0.2, 0) is 0 Å². The van der Waals surface area contributed by atoms with E-state index in [1.54, 1.807) is 55.4 Å². The van der Waals surface area contributed by atoms with Crippen LogP contribution in [0, 0.1) is 0 Å². The summed E-state index contributed by atoms with van der Waals surface area (Å²) >= 11 is 5.81. The van der Waals surface area contributed by atoms with Crippen LogP contribution in [0.1, 0.15) is 16.8 Å². The maximum atomic E-state index is 11.8. The standard InChI is InChI=1S/C18H20ClNO3/c1-20(2)18(21)14-4-8-16(9-5-14)22-12-3-13-23-17-10-6-15(19)7-11-17/h4-11H,3,12-13H2,1-2H3. The van der Waals surface area contributed by atoms with E-state index in [-0.39, 0.29) is 5.91 Å². The number of amides is 1. The molecule has 5 heteroatoms. The normalized spacial score (nSPS) is 10.2. The summed E-state index contributed by atoms with van der Waals surface area (Å²) in [6, 6.07) is 14.4. The van der Waals surface area contributed by atoms with E-state index in [1.165, 1.54) is 0 Å². The number of rotatable bonds is 7. The van der Waals surface area contributed by atoms with E-state index in [4.69, 9.17) is 21.1 Å². The van der Waals surface area contributed by atoms with Gasteiger partial charge in [0.25, 0.3) is 5.91 Å². The average Bonchev–Trinajstić information content (AvgIpc) is 2.56. The van der Waals surface area contributed by atoms with Crippen LogP contribution in [0.3, 0.4) is 0 Å². The molecule has 2 aromatic carbocycles. The second kappa shape index (κ2) is 8.44. The molecule has 0 atom stereocenters. The molecule has 23 heavy (non-hydrogen) atoms. The summed E-state index contributed by atoms with van der Waals surface area (Å²) in [4.78, 5) is 13.3. The third-order valence-electron chi connectivity index (χ3n) is 3.15. The second-order valence-corrected chi connectivity index (χ2v) is 5.66. The molecule has 0 spiro atoms. The van der Waals surface area contributed by atoms with E-state index in [1.807, 2.05) is 12.1 Å². The Bertz CT molecular complexity index is 624. The predicted molar refractivity (Wildman–Crippen MR) is 91.5 cm³/mol. The summed E-state index contributed by atoms with van der Waals surface area (Å²) in [6.45, 7) is 1.12. The highest BCUT2D eigenvalue weighted by atomic mass is 35.5. The van der Waals surface area contributed by atoms with Crippen LogP contribution < -0.4 is 9.47 Å². The molecule has 0 saturated carbocycles. The van der Waals surface area contributed by atoms with Gasteiger partial charge in [0, 0.05) is 31.1 Å². The predicted octanol–water partition coefficient (Wildman–Crippen LogP) is 3.89. The molecule has 0 bridgehead atoms. The second-order valence-electron chi connectivity index (χ2n) is 5.23. The Labute approximate surface area is 141 Å². The number of hydrogen-bond donors (Lipinski definition) is 0. The molecule has 0 saturated heterocycles. The first-order chi connectivity index (χ1) is 11.1. The fraction of sp³-hybridized carbons (Fsp3) is 0.278. The molecule has 0 aliphatic rings. The lowest BCUT2D eigenvalue weighted by Crippen LogP contribution is -2.21. The number of halogens is 1. The number of hydrogen-bond acceptors (Lipinski definition) is 3. The Hall–Kier alpha value is -2.20. The number of ether oxygens (including phenoxy) is 2. The lowest BCUT2D eigenvalue weighted by molar-refractivity contribution is 0.0827. The van der Waals surface area contributed by atoms with Crippen LogP contribution in [0.4, 0.5) is 0 Å². The highest BCUT2D eigenvalue weighted by Crippen LogP contribution is 2.16. The average molecular weight is 334 g/mol. The van der Waals surface area contributed by atoms with Crippen molar-refractivity contribution in [3.05, 3.63) is 59.1 Å². The van der Waals surface area contributed by atoms with Crippen molar-refractivity contribution in [1.82, 2.24) is 4.90 Å². The summed E-state index contributed by atoms with van der Waals surface area (Å²) in [5.74, 6) is 1.51. The van der Waals surface area contributed by atoms with Crippen molar-refractivity contribution in [3.8, 4) is 11.5 Å². The maximum Gasteiger partial charge on any atom is 0.253 e. The van der Waals surface area contributed by atoms with E-state index in [2.05, 4.69) is 0 Å². The van der Waals surface area contributed by atoms with Crippen molar-refractivity contribution < 1.29 is 14.3 Å². The molecule has 0 aliphatic heterocycles. The third kappa shape index (κ3) is 5.49. The first kappa shape index (κ1) is 17.2. The number of carbonyl (C=O) groups is 1. The third-order valence-corrected chi connectivity index (χ3v) is 3.40. The van der Waals surface area contributed by atoms with Gasteiger partial charge in [-0.3, -0.25) is 4.79 Å². The highest BCUT2D eigenvalue weighted by Gasteiger charge is 2.07. The molecule has 0 aliphatic carbocycles. The molecule has 1 amide bonds. The molecule has 0 radical (unpaired) electrons. The molecular formula is C18H20ClNO3. The minimum absolute atomic E-state index is 0.0204. The van der Waals surface area contributed by atoms with Crippen LogP contribution in [-0.4, -0.2) is 38.1 Å². The summed E-state index contributed by atoms with van der Waals surface area (Å²) in [5, 5.41) is 0.692. The van der Waals surface area contributed by atoms with Crippen molar-refractivity contribution in [2.24, 2.45) is 0 Å². The summed E-state index contributed by atoms with van der Waals surface area (Å²) < 4.78 is 11.2. The van der Waals surface area contributed by atoms with Crippen molar-refractivity contribution in [2.45, 2.75) is 6.42 Å². The Kier molecular flexibility index (Phi) is 6.29. The van der Waals surface area contributed by atoms with Crippen LogP contribution in [0.2, 0.25) is 5.02 Å². The van der Waals surface area contributed by atoms with Gasteiger partial charge in [-0.25, -0.2) is 0 Å². The maximum absolute atomic E-state index is 11.8. The van der Waals surface area contributed by atoms with Gasteiger partial charge in [0.2, 0.25) is 0 Å². The number of benzene rings is 2. The molecule has 0 N–H and O–H groups in total. The SMILES string of the molecule is CN(C)C(=O)c1ccc(OCCCOc2ccc(Cl)cc2)cc1. The summed E-state index contributed by atoms with van der Waals surface area (Å²) in [6.07, 6.45) is 0.765. The van der Waals surface area contributed by atoms with Gasteiger partial charge in [-0.2, -0.15) is 0 Å². The molecular weight excluding hydrogens is 314 g/mol. The van der Waals surface area contributed by atoms with Gasteiger partial charge in [0.15, 0.2) is 0 Å². The smallest absolute Gasteiger partial charge is 0.253 e. The Balaban J connectivity index is 1.70. The number of nitrogens with zero attached hydrogens (tertiary/aromatic N) is 1. The molecule has 2 aromatic rings. The molecule has 0 aromatic heterocycles. The first-order valence-corrected chi connectivity index (χ1v) is 7.77. The van der Waals surface area contributed by atoms with Gasteiger partial charge in [0.1, 0.15) is 11.5 Å². The Morgan fingerprint density at radius 3 is 1.87 bits per heavy atom. The fourth-order valence-electron chi connectivity index (χ4n) is 1.92. The zero-order valence-corrected chi connectivity index (χ0v) is 14.0. The monoisotopic (exact) mass is 333 g/mol. The van der Waals surface area contributed by atoms with E-state index in [9.17, 15) is 4.79 Å². The van der Waals surface area contributed by atoms with E-state index in [0.29, 0.717) is 23.8 Å². The van der Waals surface area contributed by atoms with Gasteiger partial charge < -0.3 is 14.4 Å². The van der Waals surface area contributed by atoms with Crippen molar-refractivity contribution in [1.29, 1.82) is 0 Å². The lowest BCUT2D eigenvalue weighted by atomic mass is 10.2. The Morgan fingerprint density at radius 1 is 0.913 bits per heavy atom. The minimum Gasteiger partial charge on any atom is -0.493 e. The van der Waals surface area contributed by atoms with E-state index >= 15 is 0 Å². The minimum atomic E-state index is -0.0204. The van der Waals surface area contributed by atoms with Gasteiger partial charge >= 0.3 is 0 Å². The van der Waals surface area contributed by atoms with E-state index < -0.39 is 0 Å². The molecule has 122 valence electrons. The van der Waals surface area contributed by atoms with Crippen LogP contribution in [0.5, 0.6) is 11.5 Å². The molecule has 4 nitrogen and oxygen atoms in total. The van der Waals surface area contributed by atoms with Crippen LogP contribution >= 0.6 is 11.6 Å². The van der Waals surface area contributed by atoms with Gasteiger partial charge in [-0.1, -0.05) is 11.6 Å². The lowest BCUT2D eigenvalue weighted by Gasteiger charge is -2.11. The first-order valence-electron chi connectivity index (χ1n) is 7.39. The number of carbonyl (C=O) groups excluding carboxylic acids is 1. The molecule has 0 fully saturated rings. The van der Waals surface area contributed by atoms with Crippen molar-refractivity contribution in [2.75, 3.05) is 27.3 Å². The largest absolute Gasteiger partial charge is 0.493 e. The quantitative estimate of drug-likeness (QED) is 0.721.